The summed E-state index contributed by atoms with van der Waals surface area (Å²) in [6.07, 6.45) is 2.92. The van der Waals surface area contributed by atoms with Crippen LogP contribution in [0.15, 0.2) is 53.4 Å². The second-order valence-corrected chi connectivity index (χ2v) is 4.77. The average molecular weight is 335 g/mol. The molecule has 1 aromatic carbocycles. The molecule has 0 atom stereocenters. The molecule has 0 aliphatic heterocycles. The maximum absolute atomic E-state index is 13.6. The van der Waals surface area contributed by atoms with Crippen molar-refractivity contribution in [1.29, 1.82) is 0 Å². The van der Waals surface area contributed by atoms with E-state index in [0.29, 0.717) is 4.47 Å². The highest BCUT2D eigenvalue weighted by atomic mass is 79.9. The van der Waals surface area contributed by atoms with Crippen LogP contribution in [0.2, 0.25) is 0 Å². The van der Waals surface area contributed by atoms with E-state index in [0.717, 1.165) is 5.69 Å². The van der Waals surface area contributed by atoms with Crippen LogP contribution in [0.4, 0.5) is 4.39 Å². The van der Waals surface area contributed by atoms with E-state index in [9.17, 15) is 4.39 Å². The minimum atomic E-state index is -0.588. The lowest BCUT2D eigenvalue weighted by Crippen LogP contribution is -1.96. The minimum absolute atomic E-state index is 0.0302. The smallest absolute Gasteiger partial charge is 0.342 e. The van der Waals surface area contributed by atoms with Crippen molar-refractivity contribution in [2.24, 2.45) is 0 Å². The Morgan fingerprint density at radius 1 is 1.15 bits per heavy atom. The predicted molar refractivity (Wildman–Crippen MR) is 73.3 cm³/mol. The van der Waals surface area contributed by atoms with E-state index in [1.807, 2.05) is 30.3 Å². The molecule has 0 unspecified atom stereocenters. The molecule has 0 fully saturated rings. The van der Waals surface area contributed by atoms with E-state index >= 15 is 0 Å². The number of aromatic nitrogens is 4. The van der Waals surface area contributed by atoms with Crippen molar-refractivity contribution in [3.63, 3.8) is 0 Å². The Bertz CT molecular complexity index is 732. The van der Waals surface area contributed by atoms with Gasteiger partial charge in [-0.25, -0.2) is 14.1 Å². The lowest BCUT2D eigenvalue weighted by atomic mass is 10.3. The summed E-state index contributed by atoms with van der Waals surface area (Å²) in [6, 6.07) is 10.7. The molecule has 0 amide bonds. The van der Waals surface area contributed by atoms with Crippen LogP contribution in [0.1, 0.15) is 0 Å². The maximum Gasteiger partial charge on any atom is 0.342 e. The number of hydrogen-bond acceptors (Lipinski definition) is 4. The van der Waals surface area contributed by atoms with Gasteiger partial charge >= 0.3 is 6.01 Å². The summed E-state index contributed by atoms with van der Waals surface area (Å²) >= 11 is 3.12. The van der Waals surface area contributed by atoms with Gasteiger partial charge in [-0.3, -0.25) is 0 Å². The van der Waals surface area contributed by atoms with Gasteiger partial charge in [0.25, 0.3) is 5.88 Å². The van der Waals surface area contributed by atoms with Crippen LogP contribution in [0.3, 0.4) is 0 Å². The molecule has 20 heavy (non-hydrogen) atoms. The third-order valence-electron chi connectivity index (χ3n) is 2.45. The summed E-state index contributed by atoms with van der Waals surface area (Å²) in [5.41, 5.74) is 0.832. The highest BCUT2D eigenvalue weighted by Gasteiger charge is 2.10. The standard InChI is InChI=1S/C13H8BrFN4O/c14-9-6-11(15)12(16-7-9)20-13-17-8-19(18-13)10-4-2-1-3-5-10/h1-8H. The van der Waals surface area contributed by atoms with E-state index in [4.69, 9.17) is 4.74 Å². The summed E-state index contributed by atoms with van der Waals surface area (Å²) in [4.78, 5) is 7.78. The number of pyridine rings is 1. The predicted octanol–water partition coefficient (Wildman–Crippen LogP) is 3.36. The summed E-state index contributed by atoms with van der Waals surface area (Å²) < 4.78 is 20.9. The van der Waals surface area contributed by atoms with Gasteiger partial charge in [0, 0.05) is 10.7 Å². The zero-order valence-corrected chi connectivity index (χ0v) is 11.7. The highest BCUT2D eigenvalue weighted by Crippen LogP contribution is 2.22. The zero-order valence-electron chi connectivity index (χ0n) is 10.1. The van der Waals surface area contributed by atoms with Crippen molar-refractivity contribution in [3.8, 4) is 17.6 Å². The second kappa shape index (κ2) is 5.38. The molecule has 0 bridgehead atoms. The average Bonchev–Trinajstić information content (AvgIpc) is 2.92. The van der Waals surface area contributed by atoms with Gasteiger partial charge < -0.3 is 4.74 Å². The van der Waals surface area contributed by atoms with Crippen LogP contribution in [0.25, 0.3) is 5.69 Å². The van der Waals surface area contributed by atoms with E-state index in [2.05, 4.69) is 31.0 Å². The lowest BCUT2D eigenvalue weighted by molar-refractivity contribution is 0.393. The molecule has 3 aromatic rings. The number of halogens is 2. The molecule has 0 saturated heterocycles. The molecular weight excluding hydrogens is 327 g/mol. The van der Waals surface area contributed by atoms with Gasteiger partial charge in [0.2, 0.25) is 0 Å². The summed E-state index contributed by atoms with van der Waals surface area (Å²) in [5.74, 6) is -0.755. The Balaban J connectivity index is 1.84. The van der Waals surface area contributed by atoms with Crippen molar-refractivity contribution < 1.29 is 9.13 Å². The van der Waals surface area contributed by atoms with Gasteiger partial charge in [0.1, 0.15) is 6.33 Å². The first kappa shape index (κ1) is 12.7. The van der Waals surface area contributed by atoms with E-state index in [1.54, 1.807) is 0 Å². The van der Waals surface area contributed by atoms with E-state index in [1.165, 1.54) is 23.3 Å². The molecule has 7 heteroatoms. The van der Waals surface area contributed by atoms with Gasteiger partial charge in [0.05, 0.1) is 5.69 Å². The SMILES string of the molecule is Fc1cc(Br)cnc1Oc1ncn(-c2ccccc2)n1. The topological polar surface area (TPSA) is 52.8 Å². The number of nitrogens with zero attached hydrogens (tertiary/aromatic N) is 4. The molecule has 0 saturated carbocycles. The van der Waals surface area contributed by atoms with Crippen LogP contribution < -0.4 is 4.74 Å². The molecule has 2 heterocycles. The number of para-hydroxylation sites is 1. The zero-order chi connectivity index (χ0) is 13.9. The van der Waals surface area contributed by atoms with Crippen molar-refractivity contribution in [1.82, 2.24) is 19.7 Å². The molecule has 100 valence electrons. The maximum atomic E-state index is 13.6. The molecule has 5 nitrogen and oxygen atoms in total. The van der Waals surface area contributed by atoms with E-state index in [-0.39, 0.29) is 11.9 Å². The van der Waals surface area contributed by atoms with Crippen molar-refractivity contribution in [2.45, 2.75) is 0 Å². The van der Waals surface area contributed by atoms with Gasteiger partial charge in [-0.15, -0.1) is 5.10 Å². The fourth-order valence-electron chi connectivity index (χ4n) is 1.56. The second-order valence-electron chi connectivity index (χ2n) is 3.85. The number of benzene rings is 1. The number of rotatable bonds is 3. The van der Waals surface area contributed by atoms with E-state index < -0.39 is 5.82 Å². The normalized spacial score (nSPS) is 10.5. The molecule has 0 aliphatic carbocycles. The molecule has 0 aliphatic rings. The van der Waals surface area contributed by atoms with Gasteiger partial charge in [-0.05, 0) is 34.1 Å². The van der Waals surface area contributed by atoms with Gasteiger partial charge in [-0.1, -0.05) is 18.2 Å². The monoisotopic (exact) mass is 334 g/mol. The van der Waals surface area contributed by atoms with Crippen LogP contribution in [0, 0.1) is 5.82 Å². The third-order valence-corrected chi connectivity index (χ3v) is 2.89. The quantitative estimate of drug-likeness (QED) is 0.737. The van der Waals surface area contributed by atoms with Gasteiger partial charge in [-0.2, -0.15) is 4.98 Å². The molecular formula is C13H8BrFN4O. The Morgan fingerprint density at radius 3 is 2.70 bits per heavy atom. The van der Waals surface area contributed by atoms with Crippen LogP contribution in [-0.2, 0) is 0 Å². The summed E-state index contributed by atoms with van der Waals surface area (Å²) in [6.45, 7) is 0. The van der Waals surface area contributed by atoms with Gasteiger partial charge in [0.15, 0.2) is 5.82 Å². The Hall–Kier alpha value is -2.28. The first-order valence-electron chi connectivity index (χ1n) is 5.68. The molecule has 0 radical (unpaired) electrons. The molecule has 0 spiro atoms. The fraction of sp³-hybridized carbons (Fsp3) is 0. The fourth-order valence-corrected chi connectivity index (χ4v) is 1.87. The summed E-state index contributed by atoms with van der Waals surface area (Å²) in [7, 11) is 0. The molecule has 0 N–H and O–H groups in total. The van der Waals surface area contributed by atoms with Crippen molar-refractivity contribution in [2.75, 3.05) is 0 Å². The highest BCUT2D eigenvalue weighted by molar-refractivity contribution is 9.10. The van der Waals surface area contributed by atoms with Crippen molar-refractivity contribution >= 4 is 15.9 Å². The third kappa shape index (κ3) is 2.67. The van der Waals surface area contributed by atoms with Crippen molar-refractivity contribution in [3.05, 3.63) is 59.2 Å². The first-order chi connectivity index (χ1) is 9.72. The Kier molecular flexibility index (Phi) is 3.42. The number of hydrogen-bond donors (Lipinski definition) is 0. The first-order valence-corrected chi connectivity index (χ1v) is 6.47. The summed E-state index contributed by atoms with van der Waals surface area (Å²) in [5, 5.41) is 4.10. The molecule has 3 rings (SSSR count). The largest absolute Gasteiger partial charge is 0.401 e. The van der Waals surface area contributed by atoms with Crippen LogP contribution >= 0.6 is 15.9 Å². The van der Waals surface area contributed by atoms with Crippen LogP contribution in [0.5, 0.6) is 11.9 Å². The Labute approximate surface area is 122 Å². The molecule has 2 aromatic heterocycles. The minimum Gasteiger partial charge on any atom is -0.401 e. The number of ether oxygens (including phenoxy) is 1. The lowest BCUT2D eigenvalue weighted by Gasteiger charge is -2.01. The Morgan fingerprint density at radius 2 is 1.95 bits per heavy atom. The van der Waals surface area contributed by atoms with Crippen LogP contribution in [-0.4, -0.2) is 19.7 Å².